The largest absolute Gasteiger partial charge is 0.365 e. The summed E-state index contributed by atoms with van der Waals surface area (Å²) in [5, 5.41) is 12.0. The van der Waals surface area contributed by atoms with Crippen molar-refractivity contribution in [2.75, 3.05) is 19.4 Å². The molecule has 0 unspecified atom stereocenters. The first kappa shape index (κ1) is 19.6. The van der Waals surface area contributed by atoms with Crippen LogP contribution in [0.15, 0.2) is 42.6 Å². The van der Waals surface area contributed by atoms with E-state index in [1.165, 1.54) is 5.56 Å². The fourth-order valence-electron chi connectivity index (χ4n) is 4.00. The maximum atomic E-state index is 12.5. The molecular formula is C23H29N5O. The van der Waals surface area contributed by atoms with Crippen LogP contribution in [0.4, 0.5) is 5.82 Å². The van der Waals surface area contributed by atoms with E-state index in [0.29, 0.717) is 24.9 Å². The summed E-state index contributed by atoms with van der Waals surface area (Å²) in [5.41, 5.74) is 2.90. The summed E-state index contributed by atoms with van der Waals surface area (Å²) in [4.78, 5) is 19.3. The van der Waals surface area contributed by atoms with Gasteiger partial charge in [0, 0.05) is 36.8 Å². The third kappa shape index (κ3) is 4.48. The number of benzene rings is 1. The number of Topliss-reactive ketones (excluding diaryl/α,β-unsaturated/α-hetero) is 1. The van der Waals surface area contributed by atoms with Crippen LogP contribution < -0.4 is 5.32 Å². The van der Waals surface area contributed by atoms with Gasteiger partial charge in [-0.3, -0.25) is 14.9 Å². The fraction of sp³-hybridized carbons (Fsp3) is 0.435. The summed E-state index contributed by atoms with van der Waals surface area (Å²) >= 11 is 0. The van der Waals surface area contributed by atoms with Gasteiger partial charge in [0.2, 0.25) is 0 Å². The molecule has 3 aromatic rings. The lowest BCUT2D eigenvalue weighted by Gasteiger charge is -2.40. The Kier molecular flexibility index (Phi) is 5.62. The second-order valence-corrected chi connectivity index (χ2v) is 8.45. The van der Waals surface area contributed by atoms with E-state index in [1.54, 1.807) is 0 Å². The van der Waals surface area contributed by atoms with Crippen LogP contribution in [-0.4, -0.2) is 52.0 Å². The van der Waals surface area contributed by atoms with Crippen molar-refractivity contribution in [3.05, 3.63) is 53.9 Å². The molecule has 1 aliphatic carbocycles. The number of anilines is 1. The minimum absolute atomic E-state index is 0.204. The van der Waals surface area contributed by atoms with Gasteiger partial charge in [-0.2, -0.15) is 5.10 Å². The average Bonchev–Trinajstić information content (AvgIpc) is 3.06. The van der Waals surface area contributed by atoms with Gasteiger partial charge in [0.1, 0.15) is 5.78 Å². The van der Waals surface area contributed by atoms with E-state index < -0.39 is 0 Å². The second-order valence-electron chi connectivity index (χ2n) is 8.45. The number of aromatic amines is 1. The van der Waals surface area contributed by atoms with E-state index in [2.05, 4.69) is 58.5 Å². The lowest BCUT2D eigenvalue weighted by molar-refractivity contribution is -0.118. The minimum Gasteiger partial charge on any atom is -0.365 e. The molecule has 2 aromatic heterocycles. The standard InChI is InChI=1S/C23H29N5O/c1-15(16-7-5-4-6-8-16)9-20(29)12-17-13-22-21(14-24-17)23(27-26-22)25-18-10-19(11-18)28(2)3/h4-8,13-15,18-19H,9-12H2,1-3H3,(H2,25,26,27)/t15-,18?,19?/m0/s1. The van der Waals surface area contributed by atoms with Crippen molar-refractivity contribution in [1.29, 1.82) is 0 Å². The number of nitrogens with one attached hydrogen (secondary N) is 2. The maximum Gasteiger partial charge on any atom is 0.157 e. The van der Waals surface area contributed by atoms with E-state index >= 15 is 0 Å². The van der Waals surface area contributed by atoms with Crippen LogP contribution in [0.1, 0.15) is 43.4 Å². The first-order chi connectivity index (χ1) is 14.0. The number of hydrogen-bond acceptors (Lipinski definition) is 5. The summed E-state index contributed by atoms with van der Waals surface area (Å²) < 4.78 is 0. The Morgan fingerprint density at radius 3 is 2.76 bits per heavy atom. The number of H-pyrrole nitrogens is 1. The molecule has 0 saturated heterocycles. The number of hydrogen-bond donors (Lipinski definition) is 2. The Bertz CT molecular complexity index is 975. The lowest BCUT2D eigenvalue weighted by Crippen LogP contribution is -2.47. The molecule has 1 fully saturated rings. The van der Waals surface area contributed by atoms with Gasteiger partial charge in [-0.15, -0.1) is 0 Å². The van der Waals surface area contributed by atoms with Crippen LogP contribution in [0, 0.1) is 0 Å². The SMILES string of the molecule is C[C@@H](CC(=O)Cc1cc2[nH]nc(NC3CC(N(C)C)C3)c2cn1)c1ccccc1. The molecule has 0 aliphatic heterocycles. The second kappa shape index (κ2) is 8.33. The zero-order chi connectivity index (χ0) is 20.4. The fourth-order valence-corrected chi connectivity index (χ4v) is 4.00. The smallest absolute Gasteiger partial charge is 0.157 e. The number of pyridine rings is 1. The Balaban J connectivity index is 1.36. The maximum absolute atomic E-state index is 12.5. The molecule has 0 spiro atoms. The topological polar surface area (TPSA) is 73.9 Å². The molecule has 6 nitrogen and oxygen atoms in total. The highest BCUT2D eigenvalue weighted by Gasteiger charge is 2.31. The molecule has 4 rings (SSSR count). The molecule has 1 aromatic carbocycles. The normalized spacial score (nSPS) is 19.9. The number of nitrogens with zero attached hydrogens (tertiary/aromatic N) is 3. The summed E-state index contributed by atoms with van der Waals surface area (Å²) in [6.07, 6.45) is 4.95. The van der Waals surface area contributed by atoms with Crippen molar-refractivity contribution >= 4 is 22.5 Å². The predicted octanol–water partition coefficient (Wildman–Crippen LogP) is 3.77. The average molecular weight is 392 g/mol. The molecule has 1 aliphatic rings. The Morgan fingerprint density at radius 1 is 1.28 bits per heavy atom. The lowest BCUT2D eigenvalue weighted by atomic mass is 9.86. The molecule has 0 amide bonds. The van der Waals surface area contributed by atoms with Gasteiger partial charge < -0.3 is 10.2 Å². The van der Waals surface area contributed by atoms with Crippen LogP contribution in [0.2, 0.25) is 0 Å². The molecule has 2 heterocycles. The number of aromatic nitrogens is 3. The number of carbonyl (C=O) groups excluding carboxylic acids is 1. The Morgan fingerprint density at radius 2 is 2.03 bits per heavy atom. The van der Waals surface area contributed by atoms with Crippen molar-refractivity contribution in [3.8, 4) is 0 Å². The predicted molar refractivity (Wildman–Crippen MR) is 116 cm³/mol. The molecule has 1 atom stereocenters. The van der Waals surface area contributed by atoms with Crippen molar-refractivity contribution in [1.82, 2.24) is 20.1 Å². The molecule has 0 bridgehead atoms. The number of fused-ring (bicyclic) bond motifs is 1. The molecular weight excluding hydrogens is 362 g/mol. The van der Waals surface area contributed by atoms with Gasteiger partial charge in [0.15, 0.2) is 5.82 Å². The zero-order valence-corrected chi connectivity index (χ0v) is 17.4. The summed E-state index contributed by atoms with van der Waals surface area (Å²) in [7, 11) is 4.25. The van der Waals surface area contributed by atoms with Crippen LogP contribution >= 0.6 is 0 Å². The summed E-state index contributed by atoms with van der Waals surface area (Å²) in [6.45, 7) is 2.10. The number of ketones is 1. The van der Waals surface area contributed by atoms with E-state index in [1.807, 2.05) is 30.5 Å². The Hall–Kier alpha value is -2.73. The monoisotopic (exact) mass is 391 g/mol. The third-order valence-electron chi connectivity index (χ3n) is 5.97. The van der Waals surface area contributed by atoms with Gasteiger partial charge in [-0.1, -0.05) is 37.3 Å². The first-order valence-corrected chi connectivity index (χ1v) is 10.3. The highest BCUT2D eigenvalue weighted by Crippen LogP contribution is 2.29. The van der Waals surface area contributed by atoms with Gasteiger partial charge in [0.05, 0.1) is 10.9 Å². The van der Waals surface area contributed by atoms with Gasteiger partial charge >= 0.3 is 0 Å². The number of carbonyl (C=O) groups is 1. The Labute approximate surface area is 171 Å². The van der Waals surface area contributed by atoms with Gasteiger partial charge in [-0.05, 0) is 44.5 Å². The highest BCUT2D eigenvalue weighted by molar-refractivity contribution is 5.90. The van der Waals surface area contributed by atoms with Crippen LogP contribution in [0.25, 0.3) is 10.9 Å². The minimum atomic E-state index is 0.204. The third-order valence-corrected chi connectivity index (χ3v) is 5.97. The number of rotatable bonds is 8. The van der Waals surface area contributed by atoms with E-state index in [4.69, 9.17) is 0 Å². The highest BCUT2D eigenvalue weighted by atomic mass is 16.1. The van der Waals surface area contributed by atoms with Gasteiger partial charge in [-0.25, -0.2) is 0 Å². The van der Waals surface area contributed by atoms with Crippen molar-refractivity contribution in [2.45, 2.75) is 50.6 Å². The molecule has 1 saturated carbocycles. The van der Waals surface area contributed by atoms with E-state index in [9.17, 15) is 4.79 Å². The summed E-state index contributed by atoms with van der Waals surface area (Å²) in [5.74, 6) is 1.27. The molecule has 0 radical (unpaired) electrons. The van der Waals surface area contributed by atoms with Crippen LogP contribution in [0.5, 0.6) is 0 Å². The van der Waals surface area contributed by atoms with E-state index in [-0.39, 0.29) is 11.7 Å². The van der Waals surface area contributed by atoms with Crippen molar-refractivity contribution < 1.29 is 4.79 Å². The zero-order valence-electron chi connectivity index (χ0n) is 17.4. The molecule has 29 heavy (non-hydrogen) atoms. The van der Waals surface area contributed by atoms with Crippen molar-refractivity contribution in [2.24, 2.45) is 0 Å². The van der Waals surface area contributed by atoms with Crippen LogP contribution in [-0.2, 0) is 11.2 Å². The summed E-state index contributed by atoms with van der Waals surface area (Å²) in [6, 6.07) is 13.2. The molecule has 6 heteroatoms. The molecule has 2 N–H and O–H groups in total. The van der Waals surface area contributed by atoms with Crippen molar-refractivity contribution in [3.63, 3.8) is 0 Å². The quantitative estimate of drug-likeness (QED) is 0.611. The van der Waals surface area contributed by atoms with E-state index in [0.717, 1.165) is 35.3 Å². The first-order valence-electron chi connectivity index (χ1n) is 10.3. The molecule has 152 valence electrons. The van der Waals surface area contributed by atoms with Crippen LogP contribution in [0.3, 0.4) is 0 Å². The van der Waals surface area contributed by atoms with Gasteiger partial charge in [0.25, 0.3) is 0 Å².